The van der Waals surface area contributed by atoms with Crippen LogP contribution in [-0.4, -0.2) is 8.42 Å². The van der Waals surface area contributed by atoms with Gasteiger partial charge in [0.05, 0.1) is 16.5 Å². The molecule has 0 aliphatic carbocycles. The van der Waals surface area contributed by atoms with Gasteiger partial charge >= 0.3 is 0 Å². The zero-order valence-electron chi connectivity index (χ0n) is 11.5. The monoisotopic (exact) mass is 354 g/mol. The molecular weight excluding hydrogens is 343 g/mol. The molecule has 0 aliphatic rings. The summed E-state index contributed by atoms with van der Waals surface area (Å²) in [4.78, 5) is 0.0865. The van der Waals surface area contributed by atoms with Crippen LogP contribution in [0.25, 0.3) is 0 Å². The fourth-order valence-electron chi connectivity index (χ4n) is 1.93. The van der Waals surface area contributed by atoms with Crippen LogP contribution in [0.5, 0.6) is 0 Å². The van der Waals surface area contributed by atoms with Crippen molar-refractivity contribution in [2.45, 2.75) is 17.9 Å². The Morgan fingerprint density at radius 1 is 1.14 bits per heavy atom. The van der Waals surface area contributed by atoms with Gasteiger partial charge in [-0.3, -0.25) is 0 Å². The zero-order valence-corrected chi connectivity index (χ0v) is 13.9. The maximum atomic E-state index is 12.3. The molecule has 1 N–H and O–H groups in total. The first-order valence-corrected chi connectivity index (χ1v) is 8.55. The van der Waals surface area contributed by atoms with E-state index in [0.717, 1.165) is 0 Å². The molecule has 0 saturated carbocycles. The van der Waals surface area contributed by atoms with Crippen molar-refractivity contribution in [2.75, 3.05) is 0 Å². The molecule has 0 saturated heterocycles. The Balaban J connectivity index is 2.25. The minimum atomic E-state index is -3.71. The number of halogens is 2. The average molecular weight is 355 g/mol. The smallest absolute Gasteiger partial charge is 0.207 e. The minimum absolute atomic E-state index is 0.0865. The van der Waals surface area contributed by atoms with E-state index in [4.69, 9.17) is 28.5 Å². The van der Waals surface area contributed by atoms with Crippen molar-refractivity contribution >= 4 is 33.2 Å². The number of nitrogens with one attached hydrogen (secondary N) is 1. The Kier molecular flexibility index (Phi) is 5.09. The van der Waals surface area contributed by atoms with Crippen LogP contribution >= 0.6 is 23.2 Å². The Morgan fingerprint density at radius 3 is 2.32 bits per heavy atom. The summed E-state index contributed by atoms with van der Waals surface area (Å²) in [6, 6.07) is 12.0. The van der Waals surface area contributed by atoms with Crippen LogP contribution in [0.1, 0.15) is 24.1 Å². The van der Waals surface area contributed by atoms with Gasteiger partial charge in [0.2, 0.25) is 10.0 Å². The highest BCUT2D eigenvalue weighted by molar-refractivity contribution is 7.89. The molecule has 1 unspecified atom stereocenters. The highest BCUT2D eigenvalue weighted by Gasteiger charge is 2.19. The van der Waals surface area contributed by atoms with Crippen LogP contribution in [0.4, 0.5) is 0 Å². The van der Waals surface area contributed by atoms with E-state index in [0.29, 0.717) is 21.2 Å². The second-order valence-corrected chi connectivity index (χ2v) is 7.20. The summed E-state index contributed by atoms with van der Waals surface area (Å²) >= 11 is 11.9. The van der Waals surface area contributed by atoms with Crippen LogP contribution in [-0.2, 0) is 10.0 Å². The molecule has 7 heteroatoms. The second-order valence-electron chi connectivity index (χ2n) is 4.64. The summed E-state index contributed by atoms with van der Waals surface area (Å²) in [6.07, 6.45) is 0. The molecule has 2 aromatic rings. The number of sulfonamides is 1. The highest BCUT2D eigenvalue weighted by atomic mass is 35.5. The number of benzene rings is 2. The summed E-state index contributed by atoms with van der Waals surface area (Å²) in [7, 11) is -3.71. The maximum absolute atomic E-state index is 12.3. The molecule has 114 valence electrons. The molecule has 2 rings (SSSR count). The Morgan fingerprint density at radius 2 is 1.77 bits per heavy atom. The van der Waals surface area contributed by atoms with E-state index in [-0.39, 0.29) is 4.90 Å². The Bertz CT molecular complexity index is 828. The van der Waals surface area contributed by atoms with Crippen molar-refractivity contribution in [1.29, 1.82) is 5.26 Å². The van der Waals surface area contributed by atoms with E-state index >= 15 is 0 Å². The molecule has 0 radical (unpaired) electrons. The van der Waals surface area contributed by atoms with Gasteiger partial charge in [-0.15, -0.1) is 0 Å². The van der Waals surface area contributed by atoms with E-state index in [9.17, 15) is 8.42 Å². The lowest BCUT2D eigenvalue weighted by atomic mass is 10.1. The standard InChI is InChI=1S/C15H12Cl2N2O2S/c1-10(14-7-4-12(16)8-15(14)17)19-22(20,21)13-5-2-11(9-18)3-6-13/h2-8,10,19H,1H3. The molecular formula is C15H12Cl2N2O2S. The van der Waals surface area contributed by atoms with Crippen LogP contribution in [0.15, 0.2) is 47.4 Å². The van der Waals surface area contributed by atoms with Crippen molar-refractivity contribution in [3.8, 4) is 6.07 Å². The van der Waals surface area contributed by atoms with E-state index in [2.05, 4.69) is 4.72 Å². The fraction of sp³-hybridized carbons (Fsp3) is 0.133. The summed E-state index contributed by atoms with van der Waals surface area (Å²) in [5, 5.41) is 9.61. The molecule has 0 heterocycles. The molecule has 0 spiro atoms. The van der Waals surface area contributed by atoms with Gasteiger partial charge in [-0.1, -0.05) is 29.3 Å². The number of hydrogen-bond donors (Lipinski definition) is 1. The van der Waals surface area contributed by atoms with Gasteiger partial charge in [-0.25, -0.2) is 13.1 Å². The Hall–Kier alpha value is -1.58. The first kappa shape index (κ1) is 16.8. The molecule has 0 amide bonds. The molecule has 0 bridgehead atoms. The van der Waals surface area contributed by atoms with Crippen LogP contribution in [0.3, 0.4) is 0 Å². The first-order chi connectivity index (χ1) is 10.3. The Labute approximate surface area is 139 Å². The maximum Gasteiger partial charge on any atom is 0.241 e. The van der Waals surface area contributed by atoms with E-state index in [1.54, 1.807) is 25.1 Å². The van der Waals surface area contributed by atoms with Crippen LogP contribution in [0, 0.1) is 11.3 Å². The van der Waals surface area contributed by atoms with Gasteiger partial charge in [0, 0.05) is 16.1 Å². The summed E-state index contributed by atoms with van der Waals surface area (Å²) in [6.45, 7) is 1.69. The number of hydrogen-bond acceptors (Lipinski definition) is 3. The fourth-order valence-corrected chi connectivity index (χ4v) is 3.72. The van der Waals surface area contributed by atoms with Gasteiger partial charge in [-0.05, 0) is 48.9 Å². The molecule has 0 aliphatic heterocycles. The van der Waals surface area contributed by atoms with E-state index in [1.165, 1.54) is 24.3 Å². The number of nitrogens with zero attached hydrogens (tertiary/aromatic N) is 1. The van der Waals surface area contributed by atoms with E-state index in [1.807, 2.05) is 6.07 Å². The average Bonchev–Trinajstić information content (AvgIpc) is 2.46. The van der Waals surface area contributed by atoms with Gasteiger partial charge in [0.15, 0.2) is 0 Å². The van der Waals surface area contributed by atoms with Crippen molar-refractivity contribution in [2.24, 2.45) is 0 Å². The van der Waals surface area contributed by atoms with Crippen molar-refractivity contribution in [1.82, 2.24) is 4.72 Å². The van der Waals surface area contributed by atoms with Crippen molar-refractivity contribution in [3.05, 3.63) is 63.6 Å². The van der Waals surface area contributed by atoms with Crippen LogP contribution in [0.2, 0.25) is 10.0 Å². The van der Waals surface area contributed by atoms with E-state index < -0.39 is 16.1 Å². The normalized spacial score (nSPS) is 12.6. The number of rotatable bonds is 4. The van der Waals surface area contributed by atoms with Gasteiger partial charge < -0.3 is 0 Å². The predicted molar refractivity (Wildman–Crippen MR) is 86.4 cm³/mol. The molecule has 0 aromatic heterocycles. The lowest BCUT2D eigenvalue weighted by molar-refractivity contribution is 0.567. The third-order valence-electron chi connectivity index (χ3n) is 3.05. The quantitative estimate of drug-likeness (QED) is 0.904. The van der Waals surface area contributed by atoms with Crippen molar-refractivity contribution < 1.29 is 8.42 Å². The van der Waals surface area contributed by atoms with Crippen LogP contribution < -0.4 is 4.72 Å². The highest BCUT2D eigenvalue weighted by Crippen LogP contribution is 2.27. The van der Waals surface area contributed by atoms with Gasteiger partial charge in [-0.2, -0.15) is 5.26 Å². The van der Waals surface area contributed by atoms with Crippen molar-refractivity contribution in [3.63, 3.8) is 0 Å². The topological polar surface area (TPSA) is 70.0 Å². The van der Waals surface area contributed by atoms with Gasteiger partial charge in [0.1, 0.15) is 0 Å². The summed E-state index contributed by atoms with van der Waals surface area (Å²) in [5.74, 6) is 0. The van der Waals surface area contributed by atoms with Gasteiger partial charge in [0.25, 0.3) is 0 Å². The second kappa shape index (κ2) is 6.67. The third kappa shape index (κ3) is 3.79. The SMILES string of the molecule is CC(NS(=O)(=O)c1ccc(C#N)cc1)c1ccc(Cl)cc1Cl. The lowest BCUT2D eigenvalue weighted by Crippen LogP contribution is -2.27. The molecule has 4 nitrogen and oxygen atoms in total. The zero-order chi connectivity index (χ0) is 16.3. The minimum Gasteiger partial charge on any atom is -0.207 e. The molecule has 0 fully saturated rings. The molecule has 22 heavy (non-hydrogen) atoms. The predicted octanol–water partition coefficient (Wildman–Crippen LogP) is 3.90. The lowest BCUT2D eigenvalue weighted by Gasteiger charge is -2.16. The molecule has 1 atom stereocenters. The third-order valence-corrected chi connectivity index (χ3v) is 5.17. The summed E-state index contributed by atoms with van der Waals surface area (Å²) < 4.78 is 27.2. The molecule has 2 aromatic carbocycles. The largest absolute Gasteiger partial charge is 0.241 e. The first-order valence-electron chi connectivity index (χ1n) is 6.31. The summed E-state index contributed by atoms with van der Waals surface area (Å²) in [5.41, 5.74) is 1.02. The number of nitriles is 1.